The summed E-state index contributed by atoms with van der Waals surface area (Å²) in [5.74, 6) is -4.00. The van der Waals surface area contributed by atoms with E-state index in [0.717, 1.165) is 22.2 Å². The Bertz CT molecular complexity index is 1500. The van der Waals surface area contributed by atoms with E-state index in [9.17, 15) is 23.5 Å². The van der Waals surface area contributed by atoms with Gasteiger partial charge in [0.05, 0.1) is 21.8 Å². The van der Waals surface area contributed by atoms with Crippen molar-refractivity contribution in [3.63, 3.8) is 0 Å². The topological polar surface area (TPSA) is 79.3 Å². The minimum absolute atomic E-state index is 0.0490. The van der Waals surface area contributed by atoms with Crippen LogP contribution in [0.25, 0.3) is 22.2 Å². The second-order valence-corrected chi connectivity index (χ2v) is 9.88. The second kappa shape index (κ2) is 11.4. The van der Waals surface area contributed by atoms with Crippen molar-refractivity contribution in [2.24, 2.45) is 0 Å². The summed E-state index contributed by atoms with van der Waals surface area (Å²) in [7, 11) is 0. The first-order chi connectivity index (χ1) is 17.7. The highest BCUT2D eigenvalue weighted by molar-refractivity contribution is 9.10. The van der Waals surface area contributed by atoms with Gasteiger partial charge in [-0.25, -0.2) is 13.8 Å². The van der Waals surface area contributed by atoms with E-state index in [1.807, 2.05) is 36.4 Å². The van der Waals surface area contributed by atoms with Gasteiger partial charge in [0.15, 0.2) is 0 Å². The fraction of sp³-hybridized carbons (Fsp3) is 0.179. The quantitative estimate of drug-likeness (QED) is 0.212. The summed E-state index contributed by atoms with van der Waals surface area (Å²) in [6, 6.07) is 16.7. The summed E-state index contributed by atoms with van der Waals surface area (Å²) in [5, 5.41) is 12.2. The molecule has 0 aliphatic heterocycles. The predicted molar refractivity (Wildman–Crippen MR) is 143 cm³/mol. The van der Waals surface area contributed by atoms with Crippen LogP contribution in [0.4, 0.5) is 8.78 Å². The Kier molecular flexibility index (Phi) is 8.19. The number of carbonyl (C=O) groups excluding carboxylic acids is 1. The van der Waals surface area contributed by atoms with Crippen LogP contribution in [0.2, 0.25) is 5.02 Å². The molecule has 0 aliphatic carbocycles. The zero-order valence-electron chi connectivity index (χ0n) is 19.7. The second-order valence-electron chi connectivity index (χ2n) is 8.58. The summed E-state index contributed by atoms with van der Waals surface area (Å²) in [4.78, 5) is 29.6. The Labute approximate surface area is 225 Å². The molecule has 0 spiro atoms. The molecule has 4 rings (SSSR count). The van der Waals surface area contributed by atoms with Gasteiger partial charge < -0.3 is 10.4 Å². The Morgan fingerprint density at radius 3 is 2.49 bits per heavy atom. The molecule has 190 valence electrons. The van der Waals surface area contributed by atoms with Crippen LogP contribution in [0.1, 0.15) is 40.2 Å². The third-order valence-corrected chi connectivity index (χ3v) is 7.05. The number of aliphatic carboxylic acids is 1. The molecule has 4 aromatic rings. The van der Waals surface area contributed by atoms with Gasteiger partial charge in [0.2, 0.25) is 0 Å². The van der Waals surface area contributed by atoms with Crippen LogP contribution in [-0.2, 0) is 4.79 Å². The highest BCUT2D eigenvalue weighted by Crippen LogP contribution is 2.34. The lowest BCUT2D eigenvalue weighted by molar-refractivity contribution is -0.137. The van der Waals surface area contributed by atoms with E-state index in [4.69, 9.17) is 16.6 Å². The molecule has 0 fully saturated rings. The number of pyridine rings is 1. The minimum Gasteiger partial charge on any atom is -0.481 e. The number of benzene rings is 3. The maximum atomic E-state index is 14.7. The molecule has 0 saturated heterocycles. The van der Waals surface area contributed by atoms with Gasteiger partial charge in [0.1, 0.15) is 11.6 Å². The summed E-state index contributed by atoms with van der Waals surface area (Å²) >= 11 is 9.51. The Morgan fingerprint density at radius 2 is 1.78 bits per heavy atom. The summed E-state index contributed by atoms with van der Waals surface area (Å²) in [6.45, 7) is 1.65. The summed E-state index contributed by atoms with van der Waals surface area (Å²) in [5.41, 5.74) is 2.96. The molecule has 0 bridgehead atoms. The first-order valence-electron chi connectivity index (χ1n) is 11.5. The standard InChI is InChI=1S/C28H22BrClF2N2O3/c1-15-24(19-13-18(29)8-11-22(19)34-27(15)16-5-3-2-4-6-16)28(37)33-14-17(7-12-23(35)36)25-20(31)9-10-21(32)26(25)30/h2-6,8-11,13,17H,7,12,14H2,1H3,(H,33,37)(H,35,36). The number of carboxylic acid groups (broad SMARTS) is 1. The van der Waals surface area contributed by atoms with Crippen LogP contribution in [0.3, 0.4) is 0 Å². The van der Waals surface area contributed by atoms with Gasteiger partial charge in [-0.15, -0.1) is 0 Å². The number of halogens is 4. The van der Waals surface area contributed by atoms with E-state index in [1.54, 1.807) is 19.1 Å². The molecular weight excluding hydrogens is 566 g/mol. The molecule has 2 N–H and O–H groups in total. The van der Waals surface area contributed by atoms with Crippen molar-refractivity contribution in [1.82, 2.24) is 10.3 Å². The highest BCUT2D eigenvalue weighted by Gasteiger charge is 2.25. The number of aromatic nitrogens is 1. The molecular formula is C28H22BrClF2N2O3. The molecule has 5 nitrogen and oxygen atoms in total. The SMILES string of the molecule is Cc1c(-c2ccccc2)nc2ccc(Br)cc2c1C(=O)NCC(CCC(=O)O)c1c(F)ccc(F)c1Cl. The van der Waals surface area contributed by atoms with Gasteiger partial charge in [-0.1, -0.05) is 57.9 Å². The lowest BCUT2D eigenvalue weighted by atomic mass is 9.92. The van der Waals surface area contributed by atoms with Crippen LogP contribution in [0.15, 0.2) is 65.1 Å². The minimum atomic E-state index is -1.10. The van der Waals surface area contributed by atoms with Crippen molar-refractivity contribution in [3.05, 3.63) is 98.5 Å². The molecule has 0 aliphatic rings. The van der Waals surface area contributed by atoms with Crippen molar-refractivity contribution < 1.29 is 23.5 Å². The first kappa shape index (κ1) is 26.7. The van der Waals surface area contributed by atoms with Crippen LogP contribution in [0, 0.1) is 18.6 Å². The Balaban J connectivity index is 1.74. The maximum absolute atomic E-state index is 14.7. The number of nitrogens with zero attached hydrogens (tertiary/aromatic N) is 1. The zero-order chi connectivity index (χ0) is 26.7. The number of rotatable bonds is 8. The molecule has 3 aromatic carbocycles. The van der Waals surface area contributed by atoms with Crippen LogP contribution >= 0.6 is 27.5 Å². The number of nitrogens with one attached hydrogen (secondary N) is 1. The Hall–Kier alpha value is -3.36. The highest BCUT2D eigenvalue weighted by atomic mass is 79.9. The molecule has 9 heteroatoms. The van der Waals surface area contributed by atoms with Gasteiger partial charge in [0.25, 0.3) is 5.91 Å². The smallest absolute Gasteiger partial charge is 0.303 e. The molecule has 1 amide bonds. The van der Waals surface area contributed by atoms with Crippen LogP contribution in [-0.4, -0.2) is 28.5 Å². The molecule has 0 radical (unpaired) electrons. The lowest BCUT2D eigenvalue weighted by Gasteiger charge is -2.21. The average molecular weight is 588 g/mol. The predicted octanol–water partition coefficient (Wildman–Crippen LogP) is 7.28. The van der Waals surface area contributed by atoms with Crippen molar-refractivity contribution in [1.29, 1.82) is 0 Å². The number of hydrogen-bond acceptors (Lipinski definition) is 3. The van der Waals surface area contributed by atoms with Crippen molar-refractivity contribution in [3.8, 4) is 11.3 Å². The van der Waals surface area contributed by atoms with Gasteiger partial charge in [-0.3, -0.25) is 9.59 Å². The van der Waals surface area contributed by atoms with E-state index in [0.29, 0.717) is 27.7 Å². The van der Waals surface area contributed by atoms with Crippen molar-refractivity contribution in [2.45, 2.75) is 25.7 Å². The molecule has 1 heterocycles. The van der Waals surface area contributed by atoms with Gasteiger partial charge in [-0.2, -0.15) is 0 Å². The molecule has 1 aromatic heterocycles. The van der Waals surface area contributed by atoms with Crippen molar-refractivity contribution in [2.75, 3.05) is 6.54 Å². The fourth-order valence-electron chi connectivity index (χ4n) is 4.37. The van der Waals surface area contributed by atoms with E-state index in [2.05, 4.69) is 21.2 Å². The Morgan fingerprint density at radius 1 is 1.08 bits per heavy atom. The average Bonchev–Trinajstić information content (AvgIpc) is 2.87. The first-order valence-corrected chi connectivity index (χ1v) is 12.6. The third kappa shape index (κ3) is 5.81. The number of carboxylic acids is 1. The van der Waals surface area contributed by atoms with E-state index >= 15 is 0 Å². The van der Waals surface area contributed by atoms with E-state index in [1.165, 1.54) is 0 Å². The number of amides is 1. The van der Waals surface area contributed by atoms with Crippen LogP contribution in [0.5, 0.6) is 0 Å². The van der Waals surface area contributed by atoms with Crippen molar-refractivity contribution >= 4 is 50.3 Å². The van der Waals surface area contributed by atoms with E-state index < -0.39 is 34.5 Å². The van der Waals surface area contributed by atoms with Gasteiger partial charge in [0, 0.05) is 39.9 Å². The molecule has 1 unspecified atom stereocenters. The van der Waals surface area contributed by atoms with Gasteiger partial charge >= 0.3 is 5.97 Å². The van der Waals surface area contributed by atoms with E-state index in [-0.39, 0.29) is 24.9 Å². The summed E-state index contributed by atoms with van der Waals surface area (Å²) in [6.07, 6.45) is -0.359. The zero-order valence-corrected chi connectivity index (χ0v) is 22.0. The maximum Gasteiger partial charge on any atom is 0.303 e. The largest absolute Gasteiger partial charge is 0.481 e. The lowest BCUT2D eigenvalue weighted by Crippen LogP contribution is -2.30. The number of hydrogen-bond donors (Lipinski definition) is 2. The fourth-order valence-corrected chi connectivity index (χ4v) is 5.04. The molecule has 0 saturated carbocycles. The van der Waals surface area contributed by atoms with Crippen LogP contribution < -0.4 is 5.32 Å². The molecule has 1 atom stereocenters. The summed E-state index contributed by atoms with van der Waals surface area (Å²) < 4.78 is 29.6. The van der Waals surface area contributed by atoms with Gasteiger partial charge in [-0.05, 0) is 49.2 Å². The molecule has 37 heavy (non-hydrogen) atoms. The normalized spacial score (nSPS) is 11.9. The third-order valence-electron chi connectivity index (χ3n) is 6.17. The monoisotopic (exact) mass is 586 g/mol. The number of fused-ring (bicyclic) bond motifs is 1. The number of carbonyl (C=O) groups is 2.